The Morgan fingerprint density at radius 3 is 2.62 bits per heavy atom. The zero-order chi connectivity index (χ0) is 11.3. The van der Waals surface area contributed by atoms with Crippen LogP contribution in [0.5, 0.6) is 0 Å². The second-order valence-corrected chi connectivity index (χ2v) is 6.81. The summed E-state index contributed by atoms with van der Waals surface area (Å²) < 4.78 is 3.06. The average molecular weight is 331 g/mol. The summed E-state index contributed by atoms with van der Waals surface area (Å²) in [5.41, 5.74) is 2.67. The largest absolute Gasteiger partial charge is 0.247 e. The van der Waals surface area contributed by atoms with Crippen molar-refractivity contribution < 1.29 is 0 Å². The van der Waals surface area contributed by atoms with Crippen molar-refractivity contribution in [1.82, 2.24) is 15.0 Å². The molecule has 88 valence electrons. The van der Waals surface area contributed by atoms with Crippen LogP contribution in [0.2, 0.25) is 0 Å². The summed E-state index contributed by atoms with van der Waals surface area (Å²) in [6.07, 6.45) is 4.98. The minimum absolute atomic E-state index is 0.445. The number of aromatic nitrogens is 3. The fraction of sp³-hybridized carbons (Fsp3) is 0.833. The van der Waals surface area contributed by atoms with E-state index in [2.05, 4.69) is 51.4 Å². The smallest absolute Gasteiger partial charge is 0.0859 e. The second kappa shape index (κ2) is 3.96. The molecule has 1 heterocycles. The van der Waals surface area contributed by atoms with Gasteiger partial charge in [-0.1, -0.05) is 27.8 Å². The fourth-order valence-electron chi connectivity index (χ4n) is 2.97. The Kier molecular flexibility index (Phi) is 2.72. The van der Waals surface area contributed by atoms with Gasteiger partial charge in [-0.05, 0) is 51.4 Å². The van der Waals surface area contributed by atoms with Crippen molar-refractivity contribution >= 4 is 22.6 Å². The van der Waals surface area contributed by atoms with Gasteiger partial charge in [-0.2, -0.15) is 0 Å². The number of alkyl halides is 1. The van der Waals surface area contributed by atoms with Crippen LogP contribution in [-0.2, 0) is 12.8 Å². The number of halogens is 1. The standard InChI is InChI=1S/C12H18IN3/c1-7(2)16-11-6-4-9-8(12(9)13)3-5-10(11)14-15-16/h7-9,12H,3-6H2,1-2H3/t8?,9?,12-/m1/s1. The van der Waals surface area contributed by atoms with Crippen molar-refractivity contribution in [2.24, 2.45) is 11.8 Å². The van der Waals surface area contributed by atoms with E-state index in [9.17, 15) is 0 Å². The quantitative estimate of drug-likeness (QED) is 0.585. The Balaban J connectivity index is 1.87. The van der Waals surface area contributed by atoms with E-state index in [1.807, 2.05) is 0 Å². The molecule has 16 heavy (non-hydrogen) atoms. The minimum Gasteiger partial charge on any atom is -0.247 e. The SMILES string of the molecule is CC(C)n1nnc2c1CCC1C(CC2)[C@H]1I. The molecule has 0 amide bonds. The number of nitrogens with zero attached hydrogens (tertiary/aromatic N) is 3. The molecule has 2 unspecified atom stereocenters. The zero-order valence-electron chi connectivity index (χ0n) is 9.86. The molecule has 3 atom stereocenters. The van der Waals surface area contributed by atoms with Gasteiger partial charge in [0, 0.05) is 9.97 Å². The van der Waals surface area contributed by atoms with E-state index in [1.165, 1.54) is 30.7 Å². The lowest BCUT2D eigenvalue weighted by Crippen LogP contribution is -2.10. The number of fused-ring (bicyclic) bond motifs is 2. The van der Waals surface area contributed by atoms with Crippen LogP contribution in [0.25, 0.3) is 0 Å². The van der Waals surface area contributed by atoms with Crippen LogP contribution in [0.3, 0.4) is 0 Å². The van der Waals surface area contributed by atoms with Crippen LogP contribution >= 0.6 is 22.6 Å². The van der Waals surface area contributed by atoms with Crippen LogP contribution in [0.15, 0.2) is 0 Å². The van der Waals surface area contributed by atoms with Crippen molar-refractivity contribution in [1.29, 1.82) is 0 Å². The highest BCUT2D eigenvalue weighted by Crippen LogP contribution is 2.52. The normalized spacial score (nSPS) is 32.9. The van der Waals surface area contributed by atoms with Gasteiger partial charge in [0.15, 0.2) is 0 Å². The Hall–Kier alpha value is -0.130. The highest BCUT2D eigenvalue weighted by molar-refractivity contribution is 14.1. The Labute approximate surface area is 110 Å². The molecular formula is C12H18IN3. The van der Waals surface area contributed by atoms with E-state index in [4.69, 9.17) is 0 Å². The molecule has 1 aromatic rings. The summed E-state index contributed by atoms with van der Waals surface area (Å²) in [5, 5.41) is 8.67. The Morgan fingerprint density at radius 2 is 1.94 bits per heavy atom. The molecule has 1 saturated carbocycles. The van der Waals surface area contributed by atoms with E-state index in [0.717, 1.165) is 22.2 Å². The Bertz CT molecular complexity index is 399. The molecule has 0 radical (unpaired) electrons. The Morgan fingerprint density at radius 1 is 1.25 bits per heavy atom. The molecule has 0 spiro atoms. The molecule has 2 aliphatic rings. The maximum Gasteiger partial charge on any atom is 0.0859 e. The summed E-state index contributed by atoms with van der Waals surface area (Å²) >= 11 is 2.63. The molecule has 0 aromatic carbocycles. The van der Waals surface area contributed by atoms with E-state index in [-0.39, 0.29) is 0 Å². The third kappa shape index (κ3) is 1.69. The van der Waals surface area contributed by atoms with Gasteiger partial charge in [0.05, 0.1) is 11.4 Å². The van der Waals surface area contributed by atoms with Gasteiger partial charge in [0.2, 0.25) is 0 Å². The first kappa shape index (κ1) is 11.0. The van der Waals surface area contributed by atoms with Crippen LogP contribution in [0.4, 0.5) is 0 Å². The van der Waals surface area contributed by atoms with Gasteiger partial charge in [0.1, 0.15) is 0 Å². The number of rotatable bonds is 1. The molecule has 3 nitrogen and oxygen atoms in total. The van der Waals surface area contributed by atoms with Gasteiger partial charge < -0.3 is 0 Å². The monoisotopic (exact) mass is 331 g/mol. The first-order valence-corrected chi connectivity index (χ1v) is 7.50. The topological polar surface area (TPSA) is 30.7 Å². The van der Waals surface area contributed by atoms with Crippen LogP contribution in [0.1, 0.15) is 44.1 Å². The number of aryl methyl sites for hydroxylation is 1. The van der Waals surface area contributed by atoms with Gasteiger partial charge >= 0.3 is 0 Å². The van der Waals surface area contributed by atoms with Crippen molar-refractivity contribution in [2.45, 2.75) is 49.5 Å². The molecule has 4 heteroatoms. The summed E-state index contributed by atoms with van der Waals surface area (Å²) in [5.74, 6) is 1.95. The van der Waals surface area contributed by atoms with E-state index in [1.54, 1.807) is 0 Å². The van der Waals surface area contributed by atoms with Gasteiger partial charge in [-0.15, -0.1) is 5.10 Å². The second-order valence-electron chi connectivity index (χ2n) is 5.37. The molecule has 0 saturated heterocycles. The molecule has 3 rings (SSSR count). The number of hydrogen-bond donors (Lipinski definition) is 0. The van der Waals surface area contributed by atoms with Gasteiger partial charge in [-0.3, -0.25) is 0 Å². The third-order valence-corrected chi connectivity index (χ3v) is 5.86. The van der Waals surface area contributed by atoms with Crippen LogP contribution < -0.4 is 0 Å². The first-order valence-electron chi connectivity index (χ1n) is 6.25. The van der Waals surface area contributed by atoms with Gasteiger partial charge in [-0.25, -0.2) is 4.68 Å². The van der Waals surface area contributed by atoms with Crippen LogP contribution in [0, 0.1) is 11.8 Å². The third-order valence-electron chi connectivity index (χ3n) is 4.02. The highest BCUT2D eigenvalue weighted by Gasteiger charge is 2.48. The highest BCUT2D eigenvalue weighted by atomic mass is 127. The average Bonchev–Trinajstić information content (AvgIpc) is 2.67. The van der Waals surface area contributed by atoms with E-state index in [0.29, 0.717) is 6.04 Å². The maximum absolute atomic E-state index is 4.37. The zero-order valence-corrected chi connectivity index (χ0v) is 12.0. The lowest BCUT2D eigenvalue weighted by Gasteiger charge is -2.12. The van der Waals surface area contributed by atoms with Crippen molar-refractivity contribution in [3.05, 3.63) is 11.4 Å². The van der Waals surface area contributed by atoms with Crippen molar-refractivity contribution in [2.75, 3.05) is 0 Å². The summed E-state index contributed by atoms with van der Waals surface area (Å²) in [7, 11) is 0. The summed E-state index contributed by atoms with van der Waals surface area (Å²) in [6, 6.07) is 0.445. The maximum atomic E-state index is 4.37. The predicted molar refractivity (Wildman–Crippen MR) is 71.8 cm³/mol. The lowest BCUT2D eigenvalue weighted by atomic mass is 10.0. The number of hydrogen-bond acceptors (Lipinski definition) is 2. The molecule has 2 aliphatic carbocycles. The molecular weight excluding hydrogens is 313 g/mol. The minimum atomic E-state index is 0.445. The first-order chi connectivity index (χ1) is 7.68. The molecule has 0 bridgehead atoms. The van der Waals surface area contributed by atoms with Crippen molar-refractivity contribution in [3.8, 4) is 0 Å². The summed E-state index contributed by atoms with van der Waals surface area (Å²) in [4.78, 5) is 0. The van der Waals surface area contributed by atoms with Crippen LogP contribution in [-0.4, -0.2) is 18.9 Å². The molecule has 1 fully saturated rings. The van der Waals surface area contributed by atoms with E-state index >= 15 is 0 Å². The molecule has 0 N–H and O–H groups in total. The fourth-order valence-corrected chi connectivity index (χ4v) is 4.51. The lowest BCUT2D eigenvalue weighted by molar-refractivity contribution is 0.482. The molecule has 0 aliphatic heterocycles. The van der Waals surface area contributed by atoms with Gasteiger partial charge in [0.25, 0.3) is 0 Å². The van der Waals surface area contributed by atoms with Crippen molar-refractivity contribution in [3.63, 3.8) is 0 Å². The molecule has 1 aromatic heterocycles. The predicted octanol–water partition coefficient (Wildman–Crippen LogP) is 2.79. The summed E-state index contributed by atoms with van der Waals surface area (Å²) in [6.45, 7) is 4.38. The van der Waals surface area contributed by atoms with E-state index < -0.39 is 0 Å².